The second-order valence-electron chi connectivity index (χ2n) is 4.90. The van der Waals surface area contributed by atoms with Crippen LogP contribution in [0.15, 0.2) is 53.0 Å². The molecule has 2 N–H and O–H groups in total. The predicted octanol–water partition coefficient (Wildman–Crippen LogP) is 2.79. The number of benzene rings is 2. The van der Waals surface area contributed by atoms with E-state index < -0.39 is 6.10 Å². The third kappa shape index (κ3) is 4.58. The van der Waals surface area contributed by atoms with Crippen LogP contribution < -0.4 is 10.1 Å². The molecule has 4 nitrogen and oxygen atoms in total. The lowest BCUT2D eigenvalue weighted by Gasteiger charge is -2.13. The molecule has 0 aromatic heterocycles. The number of aliphatic hydroxyl groups excluding tert-OH is 1. The molecule has 0 fully saturated rings. The van der Waals surface area contributed by atoms with Crippen LogP contribution in [0, 0.1) is 0 Å². The lowest BCUT2D eigenvalue weighted by atomic mass is 10.1. The van der Waals surface area contributed by atoms with Gasteiger partial charge in [-0.05, 0) is 39.7 Å². The van der Waals surface area contributed by atoms with Crippen molar-refractivity contribution in [2.45, 2.75) is 12.5 Å². The summed E-state index contributed by atoms with van der Waals surface area (Å²) in [6.07, 6.45) is -0.129. The van der Waals surface area contributed by atoms with Gasteiger partial charge in [0.15, 0.2) is 0 Å². The molecule has 1 unspecified atom stereocenters. The SMILES string of the molecule is COc1ccc(Br)c(C(=O)NCC(O)Cc2ccccc2)c1. The summed E-state index contributed by atoms with van der Waals surface area (Å²) in [6.45, 7) is 0.192. The van der Waals surface area contributed by atoms with Gasteiger partial charge in [-0.15, -0.1) is 0 Å². The predicted molar refractivity (Wildman–Crippen MR) is 89.2 cm³/mol. The molecule has 0 aliphatic rings. The van der Waals surface area contributed by atoms with Crippen LogP contribution in [0.5, 0.6) is 5.75 Å². The molecule has 116 valence electrons. The quantitative estimate of drug-likeness (QED) is 0.829. The van der Waals surface area contributed by atoms with Crippen molar-refractivity contribution in [3.05, 3.63) is 64.1 Å². The van der Waals surface area contributed by atoms with Gasteiger partial charge in [-0.1, -0.05) is 30.3 Å². The summed E-state index contributed by atoms with van der Waals surface area (Å²) in [5.74, 6) is 0.357. The molecule has 2 aromatic carbocycles. The molecule has 0 bridgehead atoms. The number of hydrogen-bond donors (Lipinski definition) is 2. The Bertz CT molecular complexity index is 631. The monoisotopic (exact) mass is 363 g/mol. The van der Waals surface area contributed by atoms with Gasteiger partial charge in [0.25, 0.3) is 5.91 Å². The van der Waals surface area contributed by atoms with Crippen LogP contribution in [0.4, 0.5) is 0 Å². The van der Waals surface area contributed by atoms with Crippen LogP contribution in [0.3, 0.4) is 0 Å². The van der Waals surface area contributed by atoms with Crippen molar-refractivity contribution in [1.29, 1.82) is 0 Å². The summed E-state index contributed by atoms with van der Waals surface area (Å²) in [6, 6.07) is 14.9. The number of amides is 1. The first-order valence-corrected chi connectivity index (χ1v) is 7.73. The van der Waals surface area contributed by atoms with E-state index in [1.807, 2.05) is 30.3 Å². The highest BCUT2D eigenvalue weighted by molar-refractivity contribution is 9.10. The first-order valence-electron chi connectivity index (χ1n) is 6.94. The van der Waals surface area contributed by atoms with Gasteiger partial charge in [0.1, 0.15) is 5.75 Å². The van der Waals surface area contributed by atoms with Gasteiger partial charge in [-0.25, -0.2) is 0 Å². The molecule has 0 aliphatic heterocycles. The van der Waals surface area contributed by atoms with Crippen molar-refractivity contribution in [3.63, 3.8) is 0 Å². The smallest absolute Gasteiger partial charge is 0.252 e. The standard InChI is InChI=1S/C17H18BrNO3/c1-22-14-7-8-16(18)15(10-14)17(21)19-11-13(20)9-12-5-3-2-4-6-12/h2-8,10,13,20H,9,11H2,1H3,(H,19,21). The fraction of sp³-hybridized carbons (Fsp3) is 0.235. The Labute approximate surface area is 138 Å². The number of hydrogen-bond acceptors (Lipinski definition) is 3. The first kappa shape index (κ1) is 16.5. The van der Waals surface area contributed by atoms with Crippen LogP contribution in [-0.2, 0) is 6.42 Å². The zero-order valence-electron chi connectivity index (χ0n) is 12.3. The number of carbonyl (C=O) groups excluding carboxylic acids is 1. The van der Waals surface area contributed by atoms with E-state index in [0.717, 1.165) is 5.56 Å². The third-order valence-corrected chi connectivity index (χ3v) is 3.92. The number of ether oxygens (including phenoxy) is 1. The molecule has 22 heavy (non-hydrogen) atoms. The Morgan fingerprint density at radius 1 is 1.27 bits per heavy atom. The molecule has 0 aliphatic carbocycles. The van der Waals surface area contributed by atoms with Crippen molar-refractivity contribution in [2.24, 2.45) is 0 Å². The minimum absolute atomic E-state index is 0.192. The zero-order chi connectivity index (χ0) is 15.9. The van der Waals surface area contributed by atoms with Gasteiger partial charge in [-0.3, -0.25) is 4.79 Å². The molecule has 0 saturated heterocycles. The van der Waals surface area contributed by atoms with E-state index in [9.17, 15) is 9.90 Å². The van der Waals surface area contributed by atoms with Gasteiger partial charge in [0.05, 0.1) is 18.8 Å². The van der Waals surface area contributed by atoms with E-state index in [-0.39, 0.29) is 12.5 Å². The fourth-order valence-electron chi connectivity index (χ4n) is 2.07. The first-order chi connectivity index (χ1) is 10.6. The Kier molecular flexibility index (Phi) is 5.98. The number of carbonyl (C=O) groups is 1. The Hall–Kier alpha value is -1.85. The van der Waals surface area contributed by atoms with Crippen molar-refractivity contribution in [1.82, 2.24) is 5.32 Å². The van der Waals surface area contributed by atoms with Gasteiger partial charge in [0.2, 0.25) is 0 Å². The maximum absolute atomic E-state index is 12.2. The zero-order valence-corrected chi connectivity index (χ0v) is 13.8. The molecule has 1 amide bonds. The van der Waals surface area contributed by atoms with E-state index >= 15 is 0 Å². The lowest BCUT2D eigenvalue weighted by molar-refractivity contribution is 0.0915. The molecule has 1 atom stereocenters. The van der Waals surface area contributed by atoms with Crippen LogP contribution >= 0.6 is 15.9 Å². The van der Waals surface area contributed by atoms with E-state index in [1.165, 1.54) is 0 Å². The van der Waals surface area contributed by atoms with Crippen molar-refractivity contribution in [2.75, 3.05) is 13.7 Å². The maximum Gasteiger partial charge on any atom is 0.252 e. The lowest BCUT2D eigenvalue weighted by Crippen LogP contribution is -2.33. The number of halogens is 1. The largest absolute Gasteiger partial charge is 0.497 e. The van der Waals surface area contributed by atoms with Gasteiger partial charge >= 0.3 is 0 Å². The summed E-state index contributed by atoms with van der Waals surface area (Å²) in [4.78, 5) is 12.2. The number of aliphatic hydroxyl groups is 1. The second kappa shape index (κ2) is 7.96. The van der Waals surface area contributed by atoms with Crippen LogP contribution in [-0.4, -0.2) is 30.8 Å². The Morgan fingerprint density at radius 3 is 2.68 bits per heavy atom. The topological polar surface area (TPSA) is 58.6 Å². The molecular weight excluding hydrogens is 346 g/mol. The molecule has 0 radical (unpaired) electrons. The Morgan fingerprint density at radius 2 is 2.00 bits per heavy atom. The van der Waals surface area contributed by atoms with Crippen LogP contribution in [0.25, 0.3) is 0 Å². The minimum Gasteiger partial charge on any atom is -0.497 e. The minimum atomic E-state index is -0.629. The van der Waals surface area contributed by atoms with Gasteiger partial charge in [0, 0.05) is 17.4 Å². The highest BCUT2D eigenvalue weighted by Crippen LogP contribution is 2.22. The van der Waals surface area contributed by atoms with E-state index in [4.69, 9.17) is 4.74 Å². The molecular formula is C17H18BrNO3. The molecule has 0 saturated carbocycles. The fourth-order valence-corrected chi connectivity index (χ4v) is 2.50. The Balaban J connectivity index is 1.92. The molecule has 0 heterocycles. The average molecular weight is 364 g/mol. The van der Waals surface area contributed by atoms with Crippen LogP contribution in [0.2, 0.25) is 0 Å². The molecule has 2 aromatic rings. The number of methoxy groups -OCH3 is 1. The summed E-state index contributed by atoms with van der Waals surface area (Å²) in [5, 5.41) is 12.8. The highest BCUT2D eigenvalue weighted by Gasteiger charge is 2.13. The highest BCUT2D eigenvalue weighted by atomic mass is 79.9. The second-order valence-corrected chi connectivity index (χ2v) is 5.75. The van der Waals surface area contributed by atoms with Crippen molar-refractivity contribution >= 4 is 21.8 Å². The normalized spacial score (nSPS) is 11.8. The van der Waals surface area contributed by atoms with E-state index in [0.29, 0.717) is 22.2 Å². The maximum atomic E-state index is 12.2. The summed E-state index contributed by atoms with van der Waals surface area (Å²) in [7, 11) is 1.55. The number of rotatable bonds is 6. The number of nitrogens with one attached hydrogen (secondary N) is 1. The average Bonchev–Trinajstić information content (AvgIpc) is 2.54. The summed E-state index contributed by atoms with van der Waals surface area (Å²) < 4.78 is 5.80. The molecule has 2 rings (SSSR count). The van der Waals surface area contributed by atoms with E-state index in [1.54, 1.807) is 25.3 Å². The van der Waals surface area contributed by atoms with Crippen molar-refractivity contribution < 1.29 is 14.6 Å². The van der Waals surface area contributed by atoms with Crippen molar-refractivity contribution in [3.8, 4) is 5.75 Å². The van der Waals surface area contributed by atoms with Gasteiger partial charge in [-0.2, -0.15) is 0 Å². The van der Waals surface area contributed by atoms with E-state index in [2.05, 4.69) is 21.2 Å². The van der Waals surface area contributed by atoms with Gasteiger partial charge < -0.3 is 15.2 Å². The summed E-state index contributed by atoms with van der Waals surface area (Å²) in [5.41, 5.74) is 1.51. The summed E-state index contributed by atoms with van der Waals surface area (Å²) >= 11 is 3.34. The molecule has 0 spiro atoms. The molecule has 5 heteroatoms. The van der Waals surface area contributed by atoms with Crippen LogP contribution in [0.1, 0.15) is 15.9 Å². The third-order valence-electron chi connectivity index (χ3n) is 3.23.